The molecule has 2 aliphatic heterocycles. The van der Waals surface area contributed by atoms with Crippen LogP contribution in [-0.2, 0) is 20.8 Å². The van der Waals surface area contributed by atoms with E-state index in [9.17, 15) is 4.79 Å². The molecule has 0 N–H and O–H groups in total. The summed E-state index contributed by atoms with van der Waals surface area (Å²) in [7, 11) is 0. The molecule has 1 aromatic heterocycles. The lowest BCUT2D eigenvalue weighted by Gasteiger charge is -2.33. The van der Waals surface area contributed by atoms with Gasteiger partial charge < -0.3 is 14.4 Å². The normalized spacial score (nSPS) is 19.7. The topological polar surface area (TPSA) is 56.6 Å². The maximum atomic E-state index is 12.5. The number of unbranched alkanes of at least 4 members (excludes halogenated alkanes) is 1. The van der Waals surface area contributed by atoms with E-state index in [2.05, 4.69) is 12.0 Å². The molecule has 3 rings (SSSR count). The standard InChI is InChI=1S/C19H28ClN3O3/c1-3-4-9-23-18(20)16(14(2)21-23)5-6-17(24)22-10-7-15(8-11-22)19-25-12-13-26-19/h5-6,15,19H,3-4,7-13H2,1-2H3/b6-5+. The minimum Gasteiger partial charge on any atom is -0.350 e. The fourth-order valence-electron chi connectivity index (χ4n) is 3.51. The van der Waals surface area contributed by atoms with E-state index in [1.54, 1.807) is 12.2 Å². The van der Waals surface area contributed by atoms with Crippen molar-refractivity contribution in [3.8, 4) is 0 Å². The minimum absolute atomic E-state index is 0.0217. The smallest absolute Gasteiger partial charge is 0.246 e. The molecule has 0 saturated carbocycles. The molecule has 144 valence electrons. The number of ether oxygens (including phenoxy) is 2. The van der Waals surface area contributed by atoms with Gasteiger partial charge in [-0.15, -0.1) is 0 Å². The zero-order valence-electron chi connectivity index (χ0n) is 15.6. The molecule has 0 unspecified atom stereocenters. The molecule has 0 atom stereocenters. The Morgan fingerprint density at radius 2 is 2.00 bits per heavy atom. The molecule has 26 heavy (non-hydrogen) atoms. The number of nitrogens with zero attached hydrogens (tertiary/aromatic N) is 3. The molecule has 1 amide bonds. The number of aryl methyl sites for hydroxylation is 2. The summed E-state index contributed by atoms with van der Waals surface area (Å²) in [6.07, 6.45) is 7.28. The third kappa shape index (κ3) is 4.48. The highest BCUT2D eigenvalue weighted by Crippen LogP contribution is 2.26. The second kappa shape index (κ2) is 9.02. The monoisotopic (exact) mass is 381 g/mol. The number of aromatic nitrogens is 2. The van der Waals surface area contributed by atoms with Crippen LogP contribution in [0, 0.1) is 12.8 Å². The molecule has 0 radical (unpaired) electrons. The molecule has 0 bridgehead atoms. The lowest BCUT2D eigenvalue weighted by Crippen LogP contribution is -2.40. The highest BCUT2D eigenvalue weighted by Gasteiger charge is 2.31. The average Bonchev–Trinajstić information content (AvgIpc) is 3.27. The van der Waals surface area contributed by atoms with Gasteiger partial charge in [0.25, 0.3) is 0 Å². The van der Waals surface area contributed by atoms with Crippen LogP contribution in [0.4, 0.5) is 0 Å². The Kier molecular flexibility index (Phi) is 6.73. The number of amides is 1. The van der Waals surface area contributed by atoms with Crippen LogP contribution in [0.1, 0.15) is 43.9 Å². The summed E-state index contributed by atoms with van der Waals surface area (Å²) in [6.45, 7) is 7.69. The van der Waals surface area contributed by atoms with Crippen LogP contribution in [-0.4, -0.2) is 53.2 Å². The number of carbonyl (C=O) groups excluding carboxylic acids is 1. The van der Waals surface area contributed by atoms with Crippen LogP contribution < -0.4 is 0 Å². The van der Waals surface area contributed by atoms with E-state index in [0.717, 1.165) is 56.6 Å². The van der Waals surface area contributed by atoms with E-state index in [-0.39, 0.29) is 12.2 Å². The molecule has 3 heterocycles. The summed E-state index contributed by atoms with van der Waals surface area (Å²) in [5.74, 6) is 0.410. The molecule has 7 heteroatoms. The molecule has 2 aliphatic rings. The lowest BCUT2D eigenvalue weighted by atomic mass is 9.96. The van der Waals surface area contributed by atoms with Gasteiger partial charge in [-0.2, -0.15) is 5.10 Å². The number of hydrogen-bond acceptors (Lipinski definition) is 4. The van der Waals surface area contributed by atoms with Crippen molar-refractivity contribution >= 4 is 23.6 Å². The minimum atomic E-state index is -0.0850. The van der Waals surface area contributed by atoms with Crippen molar-refractivity contribution in [3.63, 3.8) is 0 Å². The first-order valence-corrected chi connectivity index (χ1v) is 9.91. The van der Waals surface area contributed by atoms with E-state index in [1.807, 2.05) is 16.5 Å². The lowest BCUT2D eigenvalue weighted by molar-refractivity contribution is -0.131. The quantitative estimate of drug-likeness (QED) is 0.709. The summed E-state index contributed by atoms with van der Waals surface area (Å²) in [5.41, 5.74) is 1.68. The van der Waals surface area contributed by atoms with Crippen LogP contribution in [0.15, 0.2) is 6.08 Å². The first kappa shape index (κ1) is 19.4. The average molecular weight is 382 g/mol. The van der Waals surface area contributed by atoms with Gasteiger partial charge in [-0.1, -0.05) is 24.9 Å². The van der Waals surface area contributed by atoms with Gasteiger partial charge in [0.15, 0.2) is 6.29 Å². The number of piperidine rings is 1. The molecule has 0 aromatic carbocycles. The first-order valence-electron chi connectivity index (χ1n) is 9.53. The summed E-state index contributed by atoms with van der Waals surface area (Å²) < 4.78 is 13.0. The summed E-state index contributed by atoms with van der Waals surface area (Å²) in [5, 5.41) is 5.08. The second-order valence-corrected chi connectivity index (χ2v) is 7.33. The number of carbonyl (C=O) groups is 1. The first-order chi connectivity index (χ1) is 12.6. The van der Waals surface area contributed by atoms with E-state index in [0.29, 0.717) is 24.3 Å². The summed E-state index contributed by atoms with van der Waals surface area (Å²) in [6, 6.07) is 0. The predicted octanol–water partition coefficient (Wildman–Crippen LogP) is 3.27. The largest absolute Gasteiger partial charge is 0.350 e. The zero-order chi connectivity index (χ0) is 18.5. The summed E-state index contributed by atoms with van der Waals surface area (Å²) >= 11 is 6.42. The Morgan fingerprint density at radius 3 is 2.65 bits per heavy atom. The Labute approximate surface area is 160 Å². The molecule has 0 spiro atoms. The fraction of sp³-hybridized carbons (Fsp3) is 0.684. The predicted molar refractivity (Wildman–Crippen MR) is 101 cm³/mol. The molecule has 6 nitrogen and oxygen atoms in total. The molecule has 1 aromatic rings. The maximum absolute atomic E-state index is 12.5. The Bertz CT molecular complexity index is 645. The van der Waals surface area contributed by atoms with Gasteiger partial charge in [-0.05, 0) is 32.3 Å². The van der Waals surface area contributed by atoms with Crippen molar-refractivity contribution in [2.45, 2.75) is 52.4 Å². The number of hydrogen-bond donors (Lipinski definition) is 0. The Hall–Kier alpha value is -1.37. The van der Waals surface area contributed by atoms with Crippen molar-refractivity contribution in [3.05, 3.63) is 22.5 Å². The van der Waals surface area contributed by atoms with Gasteiger partial charge in [0.2, 0.25) is 5.91 Å². The highest BCUT2D eigenvalue weighted by molar-refractivity contribution is 6.31. The van der Waals surface area contributed by atoms with Gasteiger partial charge in [0, 0.05) is 37.2 Å². The maximum Gasteiger partial charge on any atom is 0.246 e. The van der Waals surface area contributed by atoms with Crippen LogP contribution in [0.5, 0.6) is 0 Å². The molecule has 2 fully saturated rings. The van der Waals surface area contributed by atoms with Gasteiger partial charge >= 0.3 is 0 Å². The van der Waals surface area contributed by atoms with E-state index >= 15 is 0 Å². The van der Waals surface area contributed by atoms with Crippen LogP contribution in [0.2, 0.25) is 5.15 Å². The Balaban J connectivity index is 1.55. The second-order valence-electron chi connectivity index (χ2n) is 6.97. The SMILES string of the molecule is CCCCn1nc(C)c(/C=C/C(=O)N2CCC(C3OCCO3)CC2)c1Cl. The van der Waals surface area contributed by atoms with Crippen molar-refractivity contribution in [2.24, 2.45) is 5.92 Å². The van der Waals surface area contributed by atoms with E-state index in [1.165, 1.54) is 0 Å². The van der Waals surface area contributed by atoms with Gasteiger partial charge in [0.05, 0.1) is 18.9 Å². The van der Waals surface area contributed by atoms with E-state index in [4.69, 9.17) is 21.1 Å². The highest BCUT2D eigenvalue weighted by atomic mass is 35.5. The van der Waals surface area contributed by atoms with Crippen LogP contribution >= 0.6 is 11.6 Å². The van der Waals surface area contributed by atoms with Crippen LogP contribution in [0.25, 0.3) is 6.08 Å². The molecule has 2 saturated heterocycles. The van der Waals surface area contributed by atoms with Crippen molar-refractivity contribution in [2.75, 3.05) is 26.3 Å². The zero-order valence-corrected chi connectivity index (χ0v) is 16.4. The molecular weight excluding hydrogens is 354 g/mol. The van der Waals surface area contributed by atoms with Crippen LogP contribution in [0.3, 0.4) is 0 Å². The number of halogens is 1. The number of likely N-dealkylation sites (tertiary alicyclic amines) is 1. The third-order valence-corrected chi connectivity index (χ3v) is 5.51. The van der Waals surface area contributed by atoms with Gasteiger partial charge in [0.1, 0.15) is 5.15 Å². The van der Waals surface area contributed by atoms with Gasteiger partial charge in [-0.3, -0.25) is 9.48 Å². The van der Waals surface area contributed by atoms with Gasteiger partial charge in [-0.25, -0.2) is 0 Å². The molecular formula is C19H28ClN3O3. The van der Waals surface area contributed by atoms with Crippen molar-refractivity contribution in [1.29, 1.82) is 0 Å². The Morgan fingerprint density at radius 1 is 1.31 bits per heavy atom. The van der Waals surface area contributed by atoms with Crippen molar-refractivity contribution < 1.29 is 14.3 Å². The number of rotatable bonds is 6. The van der Waals surface area contributed by atoms with E-state index < -0.39 is 0 Å². The molecule has 0 aliphatic carbocycles. The summed E-state index contributed by atoms with van der Waals surface area (Å²) in [4.78, 5) is 14.4. The fourth-order valence-corrected chi connectivity index (χ4v) is 3.84. The van der Waals surface area contributed by atoms with Crippen molar-refractivity contribution in [1.82, 2.24) is 14.7 Å². The third-order valence-electron chi connectivity index (χ3n) is 5.11.